The maximum absolute atomic E-state index is 12.2. The molecular formula is C14H22N4O. The van der Waals surface area contributed by atoms with Crippen LogP contribution in [0.25, 0.3) is 0 Å². The maximum atomic E-state index is 12.2. The van der Waals surface area contributed by atoms with Gasteiger partial charge in [-0.15, -0.1) is 0 Å². The third-order valence-corrected chi connectivity index (χ3v) is 4.39. The zero-order valence-corrected chi connectivity index (χ0v) is 11.5. The molecule has 1 amide bonds. The molecule has 0 radical (unpaired) electrons. The number of hydrogen-bond donors (Lipinski definition) is 2. The molecule has 0 bridgehead atoms. The van der Waals surface area contributed by atoms with Crippen molar-refractivity contribution in [1.82, 2.24) is 15.1 Å². The number of hydrogen-bond acceptors (Lipinski definition) is 3. The van der Waals surface area contributed by atoms with E-state index in [1.807, 2.05) is 6.07 Å². The van der Waals surface area contributed by atoms with Gasteiger partial charge < -0.3 is 10.2 Å². The van der Waals surface area contributed by atoms with Crippen molar-refractivity contribution in [3.05, 3.63) is 11.8 Å². The second-order valence-corrected chi connectivity index (χ2v) is 5.93. The summed E-state index contributed by atoms with van der Waals surface area (Å²) in [7, 11) is 2.07. The monoisotopic (exact) mass is 262 g/mol. The Balaban J connectivity index is 1.57. The van der Waals surface area contributed by atoms with Crippen LogP contribution in [0.4, 0.5) is 5.82 Å². The highest BCUT2D eigenvalue weighted by atomic mass is 16.2. The third-order valence-electron chi connectivity index (χ3n) is 4.39. The van der Waals surface area contributed by atoms with Crippen LogP contribution < -0.4 is 5.32 Å². The number of amides is 1. The quantitative estimate of drug-likeness (QED) is 0.875. The van der Waals surface area contributed by atoms with E-state index in [-0.39, 0.29) is 11.8 Å². The highest BCUT2D eigenvalue weighted by Gasteiger charge is 2.25. The zero-order valence-electron chi connectivity index (χ0n) is 11.5. The molecule has 5 nitrogen and oxygen atoms in total. The minimum absolute atomic E-state index is 0.0996. The summed E-state index contributed by atoms with van der Waals surface area (Å²) in [4.78, 5) is 14.4. The first-order valence-corrected chi connectivity index (χ1v) is 7.27. The Morgan fingerprint density at radius 3 is 2.95 bits per heavy atom. The molecule has 1 unspecified atom stereocenters. The minimum atomic E-state index is 0.0996. The second kappa shape index (κ2) is 5.33. The van der Waals surface area contributed by atoms with E-state index in [4.69, 9.17) is 0 Å². The topological polar surface area (TPSA) is 61.0 Å². The van der Waals surface area contributed by atoms with Crippen molar-refractivity contribution in [2.45, 2.75) is 38.0 Å². The van der Waals surface area contributed by atoms with Crippen LogP contribution in [-0.2, 0) is 4.79 Å². The fourth-order valence-electron chi connectivity index (χ4n) is 2.94. The molecule has 1 aromatic heterocycles. The Hall–Kier alpha value is -1.36. The largest absolute Gasteiger partial charge is 0.309 e. The van der Waals surface area contributed by atoms with Crippen molar-refractivity contribution >= 4 is 11.7 Å². The van der Waals surface area contributed by atoms with E-state index in [0.717, 1.165) is 25.9 Å². The summed E-state index contributed by atoms with van der Waals surface area (Å²) < 4.78 is 0. The van der Waals surface area contributed by atoms with Gasteiger partial charge in [0, 0.05) is 24.2 Å². The molecular weight excluding hydrogens is 240 g/mol. The summed E-state index contributed by atoms with van der Waals surface area (Å²) >= 11 is 0. The normalized spacial score (nSPS) is 25.0. The van der Waals surface area contributed by atoms with Gasteiger partial charge in [0.2, 0.25) is 5.91 Å². The molecule has 1 aliphatic carbocycles. The number of aromatic amines is 1. The lowest BCUT2D eigenvalue weighted by atomic mass is 9.83. The van der Waals surface area contributed by atoms with Crippen LogP contribution in [0.15, 0.2) is 6.07 Å². The first-order chi connectivity index (χ1) is 9.22. The van der Waals surface area contributed by atoms with Gasteiger partial charge in [0.05, 0.1) is 5.92 Å². The Kier molecular flexibility index (Phi) is 3.55. The second-order valence-electron chi connectivity index (χ2n) is 5.93. The first-order valence-electron chi connectivity index (χ1n) is 7.27. The average Bonchev–Trinajstić information content (AvgIpc) is 2.75. The minimum Gasteiger partial charge on any atom is -0.309 e. The van der Waals surface area contributed by atoms with Crippen molar-refractivity contribution in [3.63, 3.8) is 0 Å². The summed E-state index contributed by atoms with van der Waals surface area (Å²) in [6.45, 7) is 1.95. The predicted octanol–water partition coefficient (Wildman–Crippen LogP) is 1.96. The van der Waals surface area contributed by atoms with Gasteiger partial charge in [0.15, 0.2) is 5.82 Å². The van der Waals surface area contributed by atoms with Crippen molar-refractivity contribution in [2.75, 3.05) is 25.5 Å². The highest BCUT2D eigenvalue weighted by Crippen LogP contribution is 2.35. The summed E-state index contributed by atoms with van der Waals surface area (Å²) in [5, 5.41) is 10.2. The molecule has 104 valence electrons. The van der Waals surface area contributed by atoms with E-state index >= 15 is 0 Å². The highest BCUT2D eigenvalue weighted by molar-refractivity contribution is 5.91. The van der Waals surface area contributed by atoms with Crippen LogP contribution in [0, 0.1) is 5.92 Å². The number of aromatic nitrogens is 2. The molecule has 1 aliphatic heterocycles. The van der Waals surface area contributed by atoms with Crippen molar-refractivity contribution in [1.29, 1.82) is 0 Å². The number of rotatable bonds is 3. The number of carbonyl (C=O) groups excluding carboxylic acids is 1. The van der Waals surface area contributed by atoms with Crippen LogP contribution in [0.1, 0.15) is 43.7 Å². The van der Waals surface area contributed by atoms with Crippen LogP contribution in [-0.4, -0.2) is 41.1 Å². The molecule has 1 aromatic rings. The SMILES string of the molecule is CN1CCCC(C(=O)Nc2cc(C3CCC3)[nH]n2)C1. The van der Waals surface area contributed by atoms with Gasteiger partial charge in [-0.3, -0.25) is 9.89 Å². The molecule has 1 saturated heterocycles. The summed E-state index contributed by atoms with van der Waals surface area (Å²) in [5.74, 6) is 1.51. The lowest BCUT2D eigenvalue weighted by Crippen LogP contribution is -2.38. The predicted molar refractivity (Wildman–Crippen MR) is 74.0 cm³/mol. The van der Waals surface area contributed by atoms with E-state index < -0.39 is 0 Å². The van der Waals surface area contributed by atoms with Crippen molar-refractivity contribution in [2.24, 2.45) is 5.92 Å². The van der Waals surface area contributed by atoms with Gasteiger partial charge in [-0.25, -0.2) is 0 Å². The number of likely N-dealkylation sites (tertiary alicyclic amines) is 1. The molecule has 1 saturated carbocycles. The molecule has 19 heavy (non-hydrogen) atoms. The number of H-pyrrole nitrogens is 1. The van der Waals surface area contributed by atoms with Gasteiger partial charge in [0.25, 0.3) is 0 Å². The molecule has 0 spiro atoms. The fraction of sp³-hybridized carbons (Fsp3) is 0.714. The fourth-order valence-corrected chi connectivity index (χ4v) is 2.94. The molecule has 0 aromatic carbocycles. The van der Waals surface area contributed by atoms with Gasteiger partial charge in [0.1, 0.15) is 0 Å². The third kappa shape index (κ3) is 2.81. The standard InChI is InChI=1S/C14H22N4O/c1-18-7-3-6-11(9-18)14(19)15-13-8-12(16-17-13)10-4-2-5-10/h8,10-11H,2-7,9H2,1H3,(H2,15,16,17,19). The molecule has 2 aliphatic rings. The van der Waals surface area contributed by atoms with Crippen LogP contribution >= 0.6 is 0 Å². The molecule has 2 fully saturated rings. The van der Waals surface area contributed by atoms with Crippen LogP contribution in [0.2, 0.25) is 0 Å². The van der Waals surface area contributed by atoms with E-state index in [1.165, 1.54) is 25.0 Å². The van der Waals surface area contributed by atoms with Gasteiger partial charge >= 0.3 is 0 Å². The van der Waals surface area contributed by atoms with E-state index in [2.05, 4.69) is 27.5 Å². The lowest BCUT2D eigenvalue weighted by Gasteiger charge is -2.28. The first kappa shape index (κ1) is 12.7. The van der Waals surface area contributed by atoms with Crippen LogP contribution in [0.3, 0.4) is 0 Å². The van der Waals surface area contributed by atoms with Gasteiger partial charge in [-0.2, -0.15) is 5.10 Å². The molecule has 3 rings (SSSR count). The number of nitrogens with zero attached hydrogens (tertiary/aromatic N) is 2. The maximum Gasteiger partial charge on any atom is 0.229 e. The summed E-state index contributed by atoms with van der Waals surface area (Å²) in [6, 6.07) is 1.99. The number of anilines is 1. The van der Waals surface area contributed by atoms with E-state index in [1.54, 1.807) is 0 Å². The zero-order chi connectivity index (χ0) is 13.2. The summed E-state index contributed by atoms with van der Waals surface area (Å²) in [6.07, 6.45) is 5.87. The average molecular weight is 262 g/mol. The van der Waals surface area contributed by atoms with E-state index in [0.29, 0.717) is 11.7 Å². The van der Waals surface area contributed by atoms with E-state index in [9.17, 15) is 4.79 Å². The number of carbonyl (C=O) groups is 1. The Bertz CT molecular complexity index is 452. The van der Waals surface area contributed by atoms with Crippen LogP contribution in [0.5, 0.6) is 0 Å². The van der Waals surface area contributed by atoms with Crippen molar-refractivity contribution < 1.29 is 4.79 Å². The molecule has 5 heteroatoms. The molecule has 1 atom stereocenters. The lowest BCUT2D eigenvalue weighted by molar-refractivity contribution is -0.121. The van der Waals surface area contributed by atoms with Crippen molar-refractivity contribution in [3.8, 4) is 0 Å². The number of nitrogens with one attached hydrogen (secondary N) is 2. The Morgan fingerprint density at radius 1 is 1.42 bits per heavy atom. The smallest absolute Gasteiger partial charge is 0.229 e. The molecule has 2 N–H and O–H groups in total. The molecule has 2 heterocycles. The Labute approximate surface area is 113 Å². The Morgan fingerprint density at radius 2 is 2.26 bits per heavy atom. The summed E-state index contributed by atoms with van der Waals surface area (Å²) in [5.41, 5.74) is 1.17. The van der Waals surface area contributed by atoms with Gasteiger partial charge in [-0.1, -0.05) is 6.42 Å². The number of piperidine rings is 1. The van der Waals surface area contributed by atoms with Gasteiger partial charge in [-0.05, 0) is 39.3 Å².